The number of esters is 1. The molecule has 1 saturated carbocycles. The van der Waals surface area contributed by atoms with E-state index in [-0.39, 0.29) is 25.0 Å². The zero-order valence-electron chi connectivity index (χ0n) is 26.8. The van der Waals surface area contributed by atoms with Gasteiger partial charge in [0.15, 0.2) is 23.1 Å². The Labute approximate surface area is 284 Å². The molecule has 4 heterocycles. The minimum Gasteiger partial charge on any atom is -0.451 e. The Morgan fingerprint density at radius 3 is 2.36 bits per heavy atom. The number of alkyl halides is 3. The lowest BCUT2D eigenvalue weighted by Gasteiger charge is -2.24. The molecule has 3 aromatic heterocycles. The Morgan fingerprint density at radius 1 is 1.06 bits per heavy atom. The third-order valence-corrected chi connectivity index (χ3v) is 9.40. The van der Waals surface area contributed by atoms with Crippen molar-refractivity contribution in [2.75, 3.05) is 29.9 Å². The Morgan fingerprint density at radius 2 is 1.76 bits per heavy atom. The molecule has 5 atom stereocenters. The van der Waals surface area contributed by atoms with Gasteiger partial charge in [0.1, 0.15) is 6.10 Å². The van der Waals surface area contributed by atoms with Crippen LogP contribution in [0.15, 0.2) is 79.4 Å². The van der Waals surface area contributed by atoms with Crippen molar-refractivity contribution in [3.8, 4) is 0 Å². The summed E-state index contributed by atoms with van der Waals surface area (Å²) in [4.78, 5) is 28.3. The van der Waals surface area contributed by atoms with Gasteiger partial charge in [-0.05, 0) is 24.0 Å². The monoisotopic (exact) mass is 691 g/mol. The molecule has 0 unspecified atom stereocenters. The fourth-order valence-electron chi connectivity index (χ4n) is 6.86. The van der Waals surface area contributed by atoms with Gasteiger partial charge in [0.25, 0.3) is 0 Å². The number of ether oxygens (including phenoxy) is 1. The van der Waals surface area contributed by atoms with E-state index in [2.05, 4.69) is 39.7 Å². The van der Waals surface area contributed by atoms with Crippen molar-refractivity contribution in [1.29, 1.82) is 0 Å². The van der Waals surface area contributed by atoms with Crippen molar-refractivity contribution in [1.82, 2.24) is 29.3 Å². The van der Waals surface area contributed by atoms with Gasteiger partial charge in [0.05, 0.1) is 31.2 Å². The second-order valence-electron chi connectivity index (χ2n) is 12.7. The third-order valence-electron chi connectivity index (χ3n) is 9.40. The predicted octanol–water partition coefficient (Wildman–Crippen LogP) is 3.32. The fourth-order valence-corrected chi connectivity index (χ4v) is 6.86. The van der Waals surface area contributed by atoms with Crippen molar-refractivity contribution < 1.29 is 32.9 Å². The zero-order valence-corrected chi connectivity index (χ0v) is 26.8. The summed E-state index contributed by atoms with van der Waals surface area (Å²) in [6, 6.07) is 18.1. The van der Waals surface area contributed by atoms with Crippen molar-refractivity contribution >= 4 is 28.9 Å². The number of hydrogen-bond acceptors (Lipinski definition) is 11. The molecule has 0 radical (unpaired) electrons. The number of hydrogen-bond donors (Lipinski definition) is 4. The molecule has 0 amide bonds. The molecule has 1 saturated heterocycles. The maximum Gasteiger partial charge on any atom is 0.490 e. The van der Waals surface area contributed by atoms with Gasteiger partial charge < -0.3 is 35.5 Å². The number of nitrogens with two attached hydrogens (primary N) is 1. The van der Waals surface area contributed by atoms with E-state index in [1.807, 2.05) is 41.3 Å². The fraction of sp³-hybridized carbons (Fsp3) is 0.382. The normalized spacial score (nSPS) is 22.5. The SMILES string of the molecule is N[C@@H]1CCN(c2nc(NCC(c3ccccc3)c3ccccc3)c3ncn([C@@H]4C[C@H](n5cc(CO)cn5)[C@@H](OC(=O)C(F)(F)F)[C@H]4O)c3n2)C1. The number of benzene rings is 2. The molecule has 2 aliphatic rings. The number of rotatable bonds is 10. The van der Waals surface area contributed by atoms with Crippen LogP contribution in [-0.2, 0) is 16.1 Å². The van der Waals surface area contributed by atoms with Crippen molar-refractivity contribution in [3.05, 3.63) is 96.1 Å². The molecular formula is C34H36F3N9O4. The molecule has 2 aromatic carbocycles. The zero-order chi connectivity index (χ0) is 35.0. The number of carbonyl (C=O) groups excluding carboxylic acids is 1. The van der Waals surface area contributed by atoms with E-state index in [4.69, 9.17) is 20.4 Å². The number of nitrogens with one attached hydrogen (secondary N) is 1. The number of halogens is 3. The maximum absolute atomic E-state index is 13.3. The molecule has 1 aliphatic heterocycles. The first kappa shape index (κ1) is 33.4. The molecule has 1 aliphatic carbocycles. The van der Waals surface area contributed by atoms with Crippen molar-refractivity contribution in [2.24, 2.45) is 5.73 Å². The lowest BCUT2D eigenvalue weighted by molar-refractivity contribution is -0.210. The number of nitrogens with zero attached hydrogens (tertiary/aromatic N) is 7. The van der Waals surface area contributed by atoms with Crippen LogP contribution in [0.2, 0.25) is 0 Å². The van der Waals surface area contributed by atoms with Crippen LogP contribution in [0.4, 0.5) is 24.9 Å². The number of imidazole rings is 1. The lowest BCUT2D eigenvalue weighted by Crippen LogP contribution is -2.39. The molecule has 5 aromatic rings. The van der Waals surface area contributed by atoms with Crippen LogP contribution >= 0.6 is 0 Å². The van der Waals surface area contributed by atoms with Gasteiger partial charge in [0, 0.05) is 43.4 Å². The van der Waals surface area contributed by atoms with E-state index in [1.165, 1.54) is 23.4 Å². The smallest absolute Gasteiger partial charge is 0.451 e. The van der Waals surface area contributed by atoms with Gasteiger partial charge in [-0.1, -0.05) is 60.7 Å². The highest BCUT2D eigenvalue weighted by molar-refractivity contribution is 5.84. The maximum atomic E-state index is 13.3. The molecule has 13 nitrogen and oxygen atoms in total. The highest BCUT2D eigenvalue weighted by Crippen LogP contribution is 2.42. The predicted molar refractivity (Wildman–Crippen MR) is 176 cm³/mol. The summed E-state index contributed by atoms with van der Waals surface area (Å²) in [5, 5.41) is 28.8. The average Bonchev–Trinajstić information content (AvgIpc) is 3.92. The van der Waals surface area contributed by atoms with Crippen LogP contribution in [0.25, 0.3) is 11.2 Å². The highest BCUT2D eigenvalue weighted by atomic mass is 19.4. The number of carbonyl (C=O) groups is 1. The number of aliphatic hydroxyl groups is 2. The number of aromatic nitrogens is 6. The summed E-state index contributed by atoms with van der Waals surface area (Å²) in [5.41, 5.74) is 9.53. The summed E-state index contributed by atoms with van der Waals surface area (Å²) >= 11 is 0. The van der Waals surface area contributed by atoms with Gasteiger partial charge in [-0.3, -0.25) is 4.68 Å². The summed E-state index contributed by atoms with van der Waals surface area (Å²) in [7, 11) is 0. The Hall–Kier alpha value is -5.06. The summed E-state index contributed by atoms with van der Waals surface area (Å²) < 4.78 is 47.8. The first-order chi connectivity index (χ1) is 24.1. The minimum absolute atomic E-state index is 0.00968. The molecular weight excluding hydrogens is 655 g/mol. The quantitative estimate of drug-likeness (QED) is 0.159. The van der Waals surface area contributed by atoms with E-state index in [9.17, 15) is 28.2 Å². The van der Waals surface area contributed by atoms with Gasteiger partial charge in [0.2, 0.25) is 5.95 Å². The average molecular weight is 692 g/mol. The number of anilines is 2. The molecule has 0 spiro atoms. The van der Waals surface area contributed by atoms with Gasteiger partial charge in [-0.2, -0.15) is 28.2 Å². The van der Waals surface area contributed by atoms with Crippen LogP contribution in [0.3, 0.4) is 0 Å². The standard InChI is InChI=1S/C34H36F3N9O4/c35-34(36,37)32(49)50-29-26(46-16-20(18-47)14-41-46)13-25(28(29)48)45-19-40-27-30(42-33(43-31(27)45)44-12-11-23(38)17-44)39-15-24(21-7-3-1-4-8-21)22-9-5-2-6-10-22/h1-10,14,16,19,23-26,28-29,47-48H,11-13,15,17-18,38H2,(H,39,42,43)/t23-,25-,26+,28+,29-/m1/s1. The van der Waals surface area contributed by atoms with Crippen LogP contribution in [0, 0.1) is 0 Å². The Balaban J connectivity index is 1.27. The van der Waals surface area contributed by atoms with Crippen molar-refractivity contribution in [2.45, 2.75) is 61.9 Å². The first-order valence-corrected chi connectivity index (χ1v) is 16.3. The van der Waals surface area contributed by atoms with Gasteiger partial charge >= 0.3 is 12.1 Å². The Bertz CT molecular complexity index is 1900. The third kappa shape index (κ3) is 6.60. The summed E-state index contributed by atoms with van der Waals surface area (Å²) in [6.07, 6.45) is -3.50. The van der Waals surface area contributed by atoms with E-state index in [0.717, 1.165) is 17.5 Å². The molecule has 5 N–H and O–H groups in total. The lowest BCUT2D eigenvalue weighted by atomic mass is 9.91. The molecule has 2 fully saturated rings. The molecule has 7 rings (SSSR count). The summed E-state index contributed by atoms with van der Waals surface area (Å²) in [6.45, 7) is 1.23. The van der Waals surface area contributed by atoms with Crippen molar-refractivity contribution in [3.63, 3.8) is 0 Å². The van der Waals surface area contributed by atoms with E-state index in [1.54, 1.807) is 4.57 Å². The second-order valence-corrected chi connectivity index (χ2v) is 12.7. The Kier molecular flexibility index (Phi) is 9.15. The van der Waals surface area contributed by atoms with Crippen LogP contribution in [0.5, 0.6) is 0 Å². The highest BCUT2D eigenvalue weighted by Gasteiger charge is 2.51. The minimum atomic E-state index is -5.28. The van der Waals surface area contributed by atoms with Gasteiger partial charge in [-0.15, -0.1) is 0 Å². The van der Waals surface area contributed by atoms with E-state index >= 15 is 0 Å². The van der Waals surface area contributed by atoms with Crippen LogP contribution < -0.4 is 16.0 Å². The topological polar surface area (TPSA) is 169 Å². The van der Waals surface area contributed by atoms with E-state index in [0.29, 0.717) is 48.1 Å². The molecule has 50 heavy (non-hydrogen) atoms. The summed E-state index contributed by atoms with van der Waals surface area (Å²) in [5.74, 6) is -1.66. The van der Waals surface area contributed by atoms with Gasteiger partial charge in [-0.25, -0.2) is 9.78 Å². The second kappa shape index (κ2) is 13.7. The largest absolute Gasteiger partial charge is 0.490 e. The number of fused-ring (bicyclic) bond motifs is 1. The van der Waals surface area contributed by atoms with Crippen LogP contribution in [-0.4, -0.2) is 89.5 Å². The van der Waals surface area contributed by atoms with E-state index < -0.39 is 36.4 Å². The first-order valence-electron chi connectivity index (χ1n) is 16.3. The van der Waals surface area contributed by atoms with Crippen LogP contribution in [0.1, 0.15) is 47.5 Å². The molecule has 0 bridgehead atoms. The molecule has 262 valence electrons. The number of aliphatic hydroxyl groups excluding tert-OH is 2. The molecule has 16 heteroatoms.